The average molecular weight is 320 g/mol. The van der Waals surface area contributed by atoms with E-state index in [0.29, 0.717) is 30.9 Å². The SMILES string of the molecule is COc1ccc(O[C@H]2CCN(C(=O)NC3CCCCC3)C2)nn1. The van der Waals surface area contributed by atoms with Crippen molar-refractivity contribution in [1.29, 1.82) is 0 Å². The van der Waals surface area contributed by atoms with Gasteiger partial charge in [-0.25, -0.2) is 4.79 Å². The van der Waals surface area contributed by atoms with E-state index in [4.69, 9.17) is 9.47 Å². The summed E-state index contributed by atoms with van der Waals surface area (Å²) in [6.07, 6.45) is 6.69. The Morgan fingerprint density at radius 3 is 2.61 bits per heavy atom. The van der Waals surface area contributed by atoms with Gasteiger partial charge in [0.05, 0.1) is 13.7 Å². The van der Waals surface area contributed by atoms with Crippen LogP contribution in [0.1, 0.15) is 38.5 Å². The Kier molecular flexibility index (Phi) is 5.15. The van der Waals surface area contributed by atoms with Crippen molar-refractivity contribution in [3.63, 3.8) is 0 Å². The third-order valence-electron chi connectivity index (χ3n) is 4.48. The lowest BCUT2D eigenvalue weighted by Crippen LogP contribution is -2.45. The van der Waals surface area contributed by atoms with E-state index >= 15 is 0 Å². The summed E-state index contributed by atoms with van der Waals surface area (Å²) in [6, 6.07) is 3.81. The number of amides is 2. The Hall–Kier alpha value is -2.05. The lowest BCUT2D eigenvalue weighted by atomic mass is 9.96. The number of carbonyl (C=O) groups is 1. The van der Waals surface area contributed by atoms with Gasteiger partial charge in [0.1, 0.15) is 6.10 Å². The molecule has 0 aromatic carbocycles. The molecule has 3 rings (SSSR count). The number of likely N-dealkylation sites (tertiary alicyclic amines) is 1. The molecule has 1 N–H and O–H groups in total. The molecule has 23 heavy (non-hydrogen) atoms. The molecule has 0 bridgehead atoms. The van der Waals surface area contributed by atoms with Gasteiger partial charge in [0, 0.05) is 31.1 Å². The van der Waals surface area contributed by atoms with Crippen LogP contribution in [0.4, 0.5) is 4.79 Å². The summed E-state index contributed by atoms with van der Waals surface area (Å²) in [5.41, 5.74) is 0. The first-order chi connectivity index (χ1) is 11.2. The fraction of sp³-hybridized carbons (Fsp3) is 0.688. The third-order valence-corrected chi connectivity index (χ3v) is 4.48. The summed E-state index contributed by atoms with van der Waals surface area (Å²) in [5.74, 6) is 0.919. The van der Waals surface area contributed by atoms with Crippen LogP contribution in [-0.4, -0.2) is 53.5 Å². The van der Waals surface area contributed by atoms with Crippen LogP contribution in [0.5, 0.6) is 11.8 Å². The molecule has 0 unspecified atom stereocenters. The fourth-order valence-corrected chi connectivity index (χ4v) is 3.17. The van der Waals surface area contributed by atoms with Crippen molar-refractivity contribution < 1.29 is 14.3 Å². The van der Waals surface area contributed by atoms with Gasteiger partial charge in [0.15, 0.2) is 0 Å². The summed E-state index contributed by atoms with van der Waals surface area (Å²) < 4.78 is 10.8. The molecule has 0 radical (unpaired) electrons. The number of nitrogens with zero attached hydrogens (tertiary/aromatic N) is 3. The maximum Gasteiger partial charge on any atom is 0.317 e. The van der Waals surface area contributed by atoms with Gasteiger partial charge in [-0.15, -0.1) is 10.2 Å². The second-order valence-electron chi connectivity index (χ2n) is 6.17. The zero-order valence-electron chi connectivity index (χ0n) is 13.5. The molecule has 2 heterocycles. The smallest absolute Gasteiger partial charge is 0.317 e. The molecule has 126 valence electrons. The Morgan fingerprint density at radius 2 is 1.91 bits per heavy atom. The van der Waals surface area contributed by atoms with Gasteiger partial charge in [-0.3, -0.25) is 0 Å². The Morgan fingerprint density at radius 1 is 1.17 bits per heavy atom. The second kappa shape index (κ2) is 7.48. The molecular weight excluding hydrogens is 296 g/mol. The van der Waals surface area contributed by atoms with Gasteiger partial charge in [0.25, 0.3) is 0 Å². The molecule has 7 nitrogen and oxygen atoms in total. The monoisotopic (exact) mass is 320 g/mol. The van der Waals surface area contributed by atoms with Crippen molar-refractivity contribution in [3.8, 4) is 11.8 Å². The predicted molar refractivity (Wildman–Crippen MR) is 84.6 cm³/mol. The molecule has 1 atom stereocenters. The second-order valence-corrected chi connectivity index (χ2v) is 6.17. The van der Waals surface area contributed by atoms with E-state index in [0.717, 1.165) is 19.3 Å². The minimum absolute atomic E-state index is 0.0313. The highest BCUT2D eigenvalue weighted by Crippen LogP contribution is 2.20. The number of methoxy groups -OCH3 is 1. The number of hydrogen-bond donors (Lipinski definition) is 1. The summed E-state index contributed by atoms with van der Waals surface area (Å²) in [4.78, 5) is 14.1. The molecule has 1 aromatic rings. The lowest BCUT2D eigenvalue weighted by Gasteiger charge is -2.26. The van der Waals surface area contributed by atoms with E-state index in [1.807, 2.05) is 4.90 Å². The highest BCUT2D eigenvalue weighted by molar-refractivity contribution is 5.74. The van der Waals surface area contributed by atoms with Gasteiger partial charge < -0.3 is 19.7 Å². The zero-order chi connectivity index (χ0) is 16.1. The van der Waals surface area contributed by atoms with Gasteiger partial charge in [-0.2, -0.15) is 0 Å². The van der Waals surface area contributed by atoms with Crippen molar-refractivity contribution in [3.05, 3.63) is 12.1 Å². The molecular formula is C16H24N4O3. The van der Waals surface area contributed by atoms with Crippen molar-refractivity contribution in [2.45, 2.75) is 50.7 Å². The third kappa shape index (κ3) is 4.24. The predicted octanol–water partition coefficient (Wildman–Crippen LogP) is 1.98. The number of aromatic nitrogens is 2. The summed E-state index contributed by atoms with van der Waals surface area (Å²) in [7, 11) is 1.55. The number of ether oxygens (including phenoxy) is 2. The van der Waals surface area contributed by atoms with Crippen LogP contribution in [0, 0.1) is 0 Å². The van der Waals surface area contributed by atoms with Crippen LogP contribution in [0.3, 0.4) is 0 Å². The first kappa shape index (κ1) is 15.8. The molecule has 0 spiro atoms. The minimum Gasteiger partial charge on any atom is -0.480 e. The standard InChI is InChI=1S/C16H24N4O3/c1-22-14-7-8-15(19-18-14)23-13-9-10-20(11-13)16(21)17-12-5-3-2-4-6-12/h7-8,12-13H,2-6,9-11H2,1H3,(H,17,21)/t13-/m0/s1. The fourth-order valence-electron chi connectivity index (χ4n) is 3.17. The highest BCUT2D eigenvalue weighted by Gasteiger charge is 2.29. The Bertz CT molecular complexity index is 517. The van der Waals surface area contributed by atoms with Crippen LogP contribution in [0.25, 0.3) is 0 Å². The number of urea groups is 1. The molecule has 2 fully saturated rings. The first-order valence-electron chi connectivity index (χ1n) is 8.34. The Balaban J connectivity index is 1.46. The molecule has 1 aromatic heterocycles. The maximum atomic E-state index is 12.3. The molecule has 1 saturated heterocycles. The lowest BCUT2D eigenvalue weighted by molar-refractivity contribution is 0.177. The van der Waals surface area contributed by atoms with Crippen molar-refractivity contribution in [2.24, 2.45) is 0 Å². The van der Waals surface area contributed by atoms with Crippen LogP contribution in [-0.2, 0) is 0 Å². The summed E-state index contributed by atoms with van der Waals surface area (Å²) >= 11 is 0. The number of nitrogens with one attached hydrogen (secondary N) is 1. The quantitative estimate of drug-likeness (QED) is 0.918. The maximum absolute atomic E-state index is 12.3. The largest absolute Gasteiger partial charge is 0.480 e. The van der Waals surface area contributed by atoms with Crippen molar-refractivity contribution >= 4 is 6.03 Å². The summed E-state index contributed by atoms with van der Waals surface area (Å²) in [5, 5.41) is 11.0. The molecule has 1 saturated carbocycles. The van der Waals surface area contributed by atoms with Crippen LogP contribution < -0.4 is 14.8 Å². The molecule has 1 aliphatic heterocycles. The number of carbonyl (C=O) groups excluding carboxylic acids is 1. The Labute approximate surface area is 136 Å². The topological polar surface area (TPSA) is 76.6 Å². The highest BCUT2D eigenvalue weighted by atomic mass is 16.5. The molecule has 2 aliphatic rings. The van der Waals surface area contributed by atoms with E-state index in [2.05, 4.69) is 15.5 Å². The van der Waals surface area contributed by atoms with E-state index in [-0.39, 0.29) is 12.1 Å². The van der Waals surface area contributed by atoms with Gasteiger partial charge in [-0.05, 0) is 12.8 Å². The zero-order valence-corrected chi connectivity index (χ0v) is 13.5. The van der Waals surface area contributed by atoms with Gasteiger partial charge in [-0.1, -0.05) is 19.3 Å². The van der Waals surface area contributed by atoms with Crippen LogP contribution in [0.15, 0.2) is 12.1 Å². The van der Waals surface area contributed by atoms with Gasteiger partial charge >= 0.3 is 6.03 Å². The molecule has 2 amide bonds. The van der Waals surface area contributed by atoms with E-state index in [1.54, 1.807) is 19.2 Å². The van der Waals surface area contributed by atoms with Gasteiger partial charge in [0.2, 0.25) is 11.8 Å². The molecule has 7 heteroatoms. The average Bonchev–Trinajstić information content (AvgIpc) is 3.05. The summed E-state index contributed by atoms with van der Waals surface area (Å²) in [6.45, 7) is 1.30. The van der Waals surface area contributed by atoms with Crippen molar-refractivity contribution in [1.82, 2.24) is 20.4 Å². The van der Waals surface area contributed by atoms with Crippen LogP contribution >= 0.6 is 0 Å². The van der Waals surface area contributed by atoms with E-state index in [1.165, 1.54) is 19.3 Å². The minimum atomic E-state index is -0.0326. The number of hydrogen-bond acceptors (Lipinski definition) is 5. The van der Waals surface area contributed by atoms with E-state index < -0.39 is 0 Å². The normalized spacial score (nSPS) is 22.0. The number of rotatable bonds is 4. The van der Waals surface area contributed by atoms with Crippen LogP contribution in [0.2, 0.25) is 0 Å². The van der Waals surface area contributed by atoms with Crippen molar-refractivity contribution in [2.75, 3.05) is 20.2 Å². The van der Waals surface area contributed by atoms with E-state index in [9.17, 15) is 4.79 Å². The first-order valence-corrected chi connectivity index (χ1v) is 8.34. The molecule has 1 aliphatic carbocycles.